The number of allylic oxidation sites excluding steroid dienone is 1. The second-order valence-corrected chi connectivity index (χ2v) is 11.2. The molecule has 0 saturated heterocycles. The molecule has 11 nitrogen and oxygen atoms in total. The van der Waals surface area contributed by atoms with E-state index in [4.69, 9.17) is 5.73 Å². The summed E-state index contributed by atoms with van der Waals surface area (Å²) in [6, 6.07) is 0.924. The van der Waals surface area contributed by atoms with Crippen LogP contribution in [-0.2, 0) is 22.6 Å². The predicted octanol–water partition coefficient (Wildman–Crippen LogP) is 0.685. The fourth-order valence-corrected chi connectivity index (χ4v) is 6.20. The highest BCUT2D eigenvalue weighted by Gasteiger charge is 2.63. The lowest BCUT2D eigenvalue weighted by atomic mass is 9.58. The van der Waals surface area contributed by atoms with Crippen molar-refractivity contribution >= 4 is 23.2 Å². The Morgan fingerprint density at radius 3 is 2.34 bits per heavy atom. The molecule has 0 bridgehead atoms. The molecule has 0 aliphatic heterocycles. The van der Waals surface area contributed by atoms with Crippen molar-refractivity contribution in [2.75, 3.05) is 33.1 Å². The zero-order valence-corrected chi connectivity index (χ0v) is 22.5. The Bertz CT molecular complexity index is 1300. The van der Waals surface area contributed by atoms with Crippen LogP contribution in [0.2, 0.25) is 0 Å². The van der Waals surface area contributed by atoms with Gasteiger partial charge in [-0.2, -0.15) is 0 Å². The number of Topliss-reactive ketones (excluding diaryl/α,β-unsaturated/α-hetero) is 2. The molecule has 0 heterocycles. The maximum atomic E-state index is 14.0. The van der Waals surface area contributed by atoms with Crippen LogP contribution in [0.5, 0.6) is 5.75 Å². The fourth-order valence-electron chi connectivity index (χ4n) is 6.20. The zero-order valence-electron chi connectivity index (χ0n) is 22.5. The first kappa shape index (κ1) is 27.6. The summed E-state index contributed by atoms with van der Waals surface area (Å²) in [6.07, 6.45) is 0.295. The van der Waals surface area contributed by atoms with Crippen molar-refractivity contribution in [3.05, 3.63) is 45.4 Å². The lowest BCUT2D eigenvalue weighted by molar-refractivity contribution is -0.148. The number of aromatic hydroxyl groups is 1. The minimum absolute atomic E-state index is 0.0116. The fraction of sp³-hybridized carbons (Fsp3) is 0.519. The summed E-state index contributed by atoms with van der Waals surface area (Å²) < 4.78 is 0. The first-order valence-electron chi connectivity index (χ1n) is 12.6. The number of likely N-dealkylation sites (N-methyl/N-ethyl adjacent to an activating group) is 1. The van der Waals surface area contributed by atoms with E-state index in [0.29, 0.717) is 17.7 Å². The van der Waals surface area contributed by atoms with Gasteiger partial charge in [0, 0.05) is 49.4 Å². The number of anilines is 1. The number of ketones is 2. The topological polar surface area (TPSA) is 177 Å². The van der Waals surface area contributed by atoms with Crippen LogP contribution in [0.3, 0.4) is 0 Å². The molecule has 0 fully saturated rings. The number of phenols is 1. The molecular weight excluding hydrogens is 492 g/mol. The van der Waals surface area contributed by atoms with Crippen LogP contribution in [0.1, 0.15) is 41.8 Å². The van der Waals surface area contributed by atoms with Gasteiger partial charge >= 0.3 is 0 Å². The number of carbonyl (C=O) groups excluding carboxylic acids is 3. The molecule has 0 aromatic heterocycles. The summed E-state index contributed by atoms with van der Waals surface area (Å²) in [7, 11) is 6.86. The van der Waals surface area contributed by atoms with Crippen molar-refractivity contribution in [3.8, 4) is 5.75 Å². The Morgan fingerprint density at radius 2 is 1.82 bits per heavy atom. The van der Waals surface area contributed by atoms with Crippen molar-refractivity contribution in [3.63, 3.8) is 0 Å². The van der Waals surface area contributed by atoms with Gasteiger partial charge in [0.05, 0.1) is 11.6 Å². The molecule has 3 aliphatic rings. The van der Waals surface area contributed by atoms with Crippen molar-refractivity contribution in [1.82, 2.24) is 10.2 Å². The quantitative estimate of drug-likeness (QED) is 0.288. The van der Waals surface area contributed by atoms with E-state index < -0.39 is 58.0 Å². The highest BCUT2D eigenvalue weighted by molar-refractivity contribution is 6.24. The molecule has 1 amide bonds. The molecule has 38 heavy (non-hydrogen) atoms. The van der Waals surface area contributed by atoms with Gasteiger partial charge in [0.15, 0.2) is 11.4 Å². The van der Waals surface area contributed by atoms with Gasteiger partial charge in [-0.3, -0.25) is 19.3 Å². The van der Waals surface area contributed by atoms with Gasteiger partial charge in [-0.15, -0.1) is 0 Å². The van der Waals surface area contributed by atoms with Crippen molar-refractivity contribution in [1.29, 1.82) is 0 Å². The van der Waals surface area contributed by atoms with Crippen LogP contribution < -0.4 is 16.0 Å². The number of rotatable bonds is 6. The summed E-state index contributed by atoms with van der Waals surface area (Å²) in [5, 5.41) is 48.4. The van der Waals surface area contributed by atoms with Gasteiger partial charge in [-0.05, 0) is 44.5 Å². The number of nitrogens with zero attached hydrogens (tertiary/aromatic N) is 2. The standard InChI is InChI=1S/C27H36N4O7/c1-11(2)29-10-13-9-16(30(3)4)14-7-12-8-15-20(31(5)6)23(34)19(26(28)37)25(36)27(15,38)24(35)17(12)22(33)18(14)21(13)32/h9,11-12,15,20,29,32,34-35,38H,7-8,10H2,1-6H3,(H2,28,37)/t12-,15-,20?,27-/m0/s1. The van der Waals surface area contributed by atoms with E-state index in [9.17, 15) is 34.8 Å². The summed E-state index contributed by atoms with van der Waals surface area (Å²) in [4.78, 5) is 42.9. The monoisotopic (exact) mass is 528 g/mol. The molecule has 0 radical (unpaired) electrons. The number of phenolic OH excluding ortho intramolecular Hbond substituents is 1. The van der Waals surface area contributed by atoms with Crippen molar-refractivity contribution < 1.29 is 34.8 Å². The maximum absolute atomic E-state index is 14.0. The molecule has 1 aromatic rings. The van der Waals surface area contributed by atoms with Crippen molar-refractivity contribution in [2.24, 2.45) is 17.6 Å². The highest BCUT2D eigenvalue weighted by Crippen LogP contribution is 2.53. The molecule has 206 valence electrons. The molecule has 11 heteroatoms. The van der Waals surface area contributed by atoms with E-state index >= 15 is 0 Å². The van der Waals surface area contributed by atoms with E-state index in [2.05, 4.69) is 5.32 Å². The second-order valence-electron chi connectivity index (χ2n) is 11.2. The van der Waals surface area contributed by atoms with Crippen molar-refractivity contribution in [2.45, 2.75) is 50.9 Å². The van der Waals surface area contributed by atoms with Crippen LogP contribution in [-0.4, -0.2) is 88.7 Å². The minimum atomic E-state index is -2.65. The van der Waals surface area contributed by atoms with Crippen LogP contribution in [0, 0.1) is 11.8 Å². The van der Waals surface area contributed by atoms with E-state index in [1.807, 2.05) is 38.9 Å². The molecule has 0 spiro atoms. The van der Waals surface area contributed by atoms with Gasteiger partial charge in [-0.1, -0.05) is 13.8 Å². The largest absolute Gasteiger partial charge is 0.510 e. The van der Waals surface area contributed by atoms with Crippen LogP contribution in [0.15, 0.2) is 28.7 Å². The number of benzene rings is 1. The molecule has 3 aliphatic carbocycles. The number of amides is 1. The van der Waals surface area contributed by atoms with Crippen LogP contribution in [0.25, 0.3) is 0 Å². The maximum Gasteiger partial charge on any atom is 0.255 e. The minimum Gasteiger partial charge on any atom is -0.510 e. The van der Waals surface area contributed by atoms with E-state index in [-0.39, 0.29) is 35.8 Å². The third-order valence-corrected chi connectivity index (χ3v) is 7.96. The number of nitrogens with two attached hydrogens (primary N) is 1. The number of aliphatic hydroxyl groups is 3. The number of hydrogen-bond donors (Lipinski definition) is 6. The van der Waals surface area contributed by atoms with Crippen LogP contribution >= 0.6 is 0 Å². The van der Waals surface area contributed by atoms with E-state index in [1.54, 1.807) is 14.1 Å². The van der Waals surface area contributed by atoms with E-state index in [0.717, 1.165) is 5.69 Å². The Kier molecular flexibility index (Phi) is 6.84. The molecule has 7 N–H and O–H groups in total. The van der Waals surface area contributed by atoms with Gasteiger partial charge in [0.25, 0.3) is 5.91 Å². The second kappa shape index (κ2) is 9.40. The number of hydrogen-bond acceptors (Lipinski definition) is 10. The van der Waals surface area contributed by atoms with Gasteiger partial charge in [-0.25, -0.2) is 0 Å². The smallest absolute Gasteiger partial charge is 0.255 e. The number of aliphatic hydroxyl groups excluding tert-OH is 2. The number of primary amides is 1. The molecule has 1 aromatic carbocycles. The van der Waals surface area contributed by atoms with E-state index in [1.165, 1.54) is 4.90 Å². The first-order valence-corrected chi connectivity index (χ1v) is 12.6. The molecule has 4 atom stereocenters. The third kappa shape index (κ3) is 3.88. The lowest BCUT2D eigenvalue weighted by Crippen LogP contribution is -2.63. The van der Waals surface area contributed by atoms with Gasteiger partial charge in [0.1, 0.15) is 22.8 Å². The molecule has 0 saturated carbocycles. The van der Waals surface area contributed by atoms with Gasteiger partial charge in [0.2, 0.25) is 5.78 Å². The Morgan fingerprint density at radius 1 is 1.18 bits per heavy atom. The Labute approximate surface area is 221 Å². The number of fused-ring (bicyclic) bond motifs is 3. The average molecular weight is 529 g/mol. The number of nitrogens with one attached hydrogen (secondary N) is 1. The number of carbonyl (C=O) groups is 3. The first-order chi connectivity index (χ1) is 17.6. The summed E-state index contributed by atoms with van der Waals surface area (Å²) >= 11 is 0. The predicted molar refractivity (Wildman–Crippen MR) is 140 cm³/mol. The normalized spacial score (nSPS) is 27.0. The Balaban J connectivity index is 1.95. The summed E-state index contributed by atoms with van der Waals surface area (Å²) in [5.41, 5.74) is 3.56. The third-order valence-electron chi connectivity index (χ3n) is 7.96. The summed E-state index contributed by atoms with van der Waals surface area (Å²) in [6.45, 7) is 4.20. The average Bonchev–Trinajstić information content (AvgIpc) is 2.80. The zero-order chi connectivity index (χ0) is 28.4. The van der Waals surface area contributed by atoms with Crippen LogP contribution in [0.4, 0.5) is 5.69 Å². The molecule has 1 unspecified atom stereocenters. The summed E-state index contributed by atoms with van der Waals surface area (Å²) in [5.74, 6) is -6.54. The highest BCUT2D eigenvalue weighted by atomic mass is 16.3. The molecular formula is C27H36N4O7. The lowest BCUT2D eigenvalue weighted by Gasteiger charge is -2.50. The SMILES string of the molecule is CC(C)NCc1cc(N(C)C)c2c(c1O)C(=O)C1=C(O)[C@]3(O)C(=O)C(C(N)=O)=C(O)C(N(C)C)[C@@H]3C[C@@H]1C2. The Hall–Kier alpha value is -3.41. The molecule has 4 rings (SSSR count). The van der Waals surface area contributed by atoms with Gasteiger partial charge < -0.3 is 36.4 Å².